The van der Waals surface area contributed by atoms with Crippen molar-refractivity contribution >= 4 is 5.91 Å². The van der Waals surface area contributed by atoms with Crippen molar-refractivity contribution in [3.63, 3.8) is 0 Å². The fraction of sp³-hybridized carbons (Fsp3) is 0.417. The van der Waals surface area contributed by atoms with E-state index in [0.717, 1.165) is 0 Å². The molecule has 0 saturated heterocycles. The van der Waals surface area contributed by atoms with Gasteiger partial charge in [0.2, 0.25) is 5.91 Å². The number of rotatable bonds is 4. The molecule has 16 heavy (non-hydrogen) atoms. The monoisotopic (exact) mass is 225 g/mol. The van der Waals surface area contributed by atoms with Crippen LogP contribution in [0, 0.1) is 11.7 Å². The number of amides is 1. The first kappa shape index (κ1) is 12.6. The number of aliphatic hydroxyl groups excluding tert-OH is 1. The Morgan fingerprint density at radius 3 is 2.62 bits per heavy atom. The largest absolute Gasteiger partial charge is 0.386 e. The lowest BCUT2D eigenvalue weighted by Crippen LogP contribution is -2.31. The molecule has 0 aliphatic rings. The van der Waals surface area contributed by atoms with Crippen LogP contribution in [-0.4, -0.2) is 17.6 Å². The van der Waals surface area contributed by atoms with Gasteiger partial charge in [0, 0.05) is 18.0 Å². The van der Waals surface area contributed by atoms with Crippen molar-refractivity contribution in [1.29, 1.82) is 0 Å². The molecule has 1 aromatic carbocycles. The molecule has 2 N–H and O–H groups in total. The van der Waals surface area contributed by atoms with Gasteiger partial charge in [0.1, 0.15) is 5.82 Å². The van der Waals surface area contributed by atoms with Crippen molar-refractivity contribution in [2.45, 2.75) is 20.0 Å². The van der Waals surface area contributed by atoms with Crippen molar-refractivity contribution in [3.05, 3.63) is 35.6 Å². The Balaban J connectivity index is 2.56. The molecule has 1 amide bonds. The Bertz CT molecular complexity index is 366. The van der Waals surface area contributed by atoms with E-state index >= 15 is 0 Å². The van der Waals surface area contributed by atoms with Gasteiger partial charge >= 0.3 is 0 Å². The highest BCUT2D eigenvalue weighted by atomic mass is 19.1. The summed E-state index contributed by atoms with van der Waals surface area (Å²) < 4.78 is 13.3. The summed E-state index contributed by atoms with van der Waals surface area (Å²) in [5.74, 6) is -0.767. The zero-order valence-electron chi connectivity index (χ0n) is 9.40. The van der Waals surface area contributed by atoms with E-state index in [1.807, 2.05) is 0 Å². The summed E-state index contributed by atoms with van der Waals surface area (Å²) in [5, 5.41) is 12.2. The number of halogens is 1. The number of benzene rings is 1. The van der Waals surface area contributed by atoms with Gasteiger partial charge in [-0.2, -0.15) is 0 Å². The number of aliphatic hydroxyl groups is 1. The average molecular weight is 225 g/mol. The second-order valence-electron chi connectivity index (χ2n) is 3.94. The van der Waals surface area contributed by atoms with Crippen LogP contribution in [-0.2, 0) is 4.79 Å². The molecule has 0 aromatic heterocycles. The third-order valence-electron chi connectivity index (χ3n) is 2.26. The molecule has 0 bridgehead atoms. The van der Waals surface area contributed by atoms with Crippen LogP contribution < -0.4 is 5.32 Å². The third-order valence-corrected chi connectivity index (χ3v) is 2.26. The molecule has 1 rings (SSSR count). The Labute approximate surface area is 94.3 Å². The zero-order valence-corrected chi connectivity index (χ0v) is 9.40. The standard InChI is InChI=1S/C12H16FNO2/c1-8(2)12(16)14-7-11(15)9-5-3-4-6-10(9)13/h3-6,8,11,15H,7H2,1-2H3,(H,14,16). The maximum Gasteiger partial charge on any atom is 0.222 e. The van der Waals surface area contributed by atoms with Gasteiger partial charge in [-0.25, -0.2) is 4.39 Å². The Morgan fingerprint density at radius 2 is 2.06 bits per heavy atom. The van der Waals surface area contributed by atoms with Crippen molar-refractivity contribution in [1.82, 2.24) is 5.32 Å². The Morgan fingerprint density at radius 1 is 1.44 bits per heavy atom. The minimum Gasteiger partial charge on any atom is -0.386 e. The van der Waals surface area contributed by atoms with Crippen LogP contribution in [0.2, 0.25) is 0 Å². The second-order valence-corrected chi connectivity index (χ2v) is 3.94. The van der Waals surface area contributed by atoms with Gasteiger partial charge in [0.25, 0.3) is 0 Å². The SMILES string of the molecule is CC(C)C(=O)NCC(O)c1ccccc1F. The number of hydrogen-bond donors (Lipinski definition) is 2. The van der Waals surface area contributed by atoms with Gasteiger partial charge in [-0.1, -0.05) is 32.0 Å². The normalized spacial score (nSPS) is 12.6. The molecule has 0 spiro atoms. The van der Waals surface area contributed by atoms with Gasteiger partial charge in [-0.3, -0.25) is 4.79 Å². The van der Waals surface area contributed by atoms with E-state index in [9.17, 15) is 14.3 Å². The third kappa shape index (κ3) is 3.31. The maximum absolute atomic E-state index is 13.3. The van der Waals surface area contributed by atoms with Crippen LogP contribution in [0.4, 0.5) is 4.39 Å². The van der Waals surface area contributed by atoms with Gasteiger partial charge in [-0.15, -0.1) is 0 Å². The molecule has 0 aliphatic heterocycles. The predicted molar refractivity (Wildman–Crippen MR) is 59.2 cm³/mol. The molecule has 0 radical (unpaired) electrons. The van der Waals surface area contributed by atoms with Gasteiger partial charge in [-0.05, 0) is 6.07 Å². The van der Waals surface area contributed by atoms with Crippen LogP contribution in [0.25, 0.3) is 0 Å². The molecule has 88 valence electrons. The fourth-order valence-electron chi connectivity index (χ4n) is 1.26. The van der Waals surface area contributed by atoms with E-state index in [0.29, 0.717) is 0 Å². The lowest BCUT2D eigenvalue weighted by Gasteiger charge is -2.14. The summed E-state index contributed by atoms with van der Waals surface area (Å²) in [7, 11) is 0. The molecule has 0 saturated carbocycles. The highest BCUT2D eigenvalue weighted by Gasteiger charge is 2.14. The number of nitrogens with one attached hydrogen (secondary N) is 1. The van der Waals surface area contributed by atoms with E-state index in [2.05, 4.69) is 5.32 Å². The first-order valence-electron chi connectivity index (χ1n) is 5.22. The van der Waals surface area contributed by atoms with E-state index in [1.54, 1.807) is 26.0 Å². The summed E-state index contributed by atoms with van der Waals surface area (Å²) in [6.07, 6.45) is -1.01. The van der Waals surface area contributed by atoms with Crippen LogP contribution in [0.1, 0.15) is 25.5 Å². The van der Waals surface area contributed by atoms with Crippen molar-refractivity contribution < 1.29 is 14.3 Å². The second kappa shape index (κ2) is 5.61. The maximum atomic E-state index is 13.3. The molecule has 1 unspecified atom stereocenters. The lowest BCUT2D eigenvalue weighted by molar-refractivity contribution is -0.124. The molecule has 3 nitrogen and oxygen atoms in total. The quantitative estimate of drug-likeness (QED) is 0.818. The molecule has 1 atom stereocenters. The van der Waals surface area contributed by atoms with Crippen LogP contribution in [0.15, 0.2) is 24.3 Å². The Kier molecular flexibility index (Phi) is 4.43. The molecule has 0 aliphatic carbocycles. The van der Waals surface area contributed by atoms with Crippen molar-refractivity contribution in [3.8, 4) is 0 Å². The highest BCUT2D eigenvalue weighted by molar-refractivity contribution is 5.77. The molecular weight excluding hydrogens is 209 g/mol. The van der Waals surface area contributed by atoms with Crippen molar-refractivity contribution in [2.24, 2.45) is 5.92 Å². The molecular formula is C12H16FNO2. The van der Waals surface area contributed by atoms with Gasteiger partial charge < -0.3 is 10.4 Å². The highest BCUT2D eigenvalue weighted by Crippen LogP contribution is 2.15. The van der Waals surface area contributed by atoms with E-state index in [1.165, 1.54) is 12.1 Å². The molecule has 1 aromatic rings. The van der Waals surface area contributed by atoms with Crippen LogP contribution in [0.5, 0.6) is 0 Å². The smallest absolute Gasteiger partial charge is 0.222 e. The summed E-state index contributed by atoms with van der Waals surface area (Å²) in [4.78, 5) is 11.2. The summed E-state index contributed by atoms with van der Waals surface area (Å²) in [6, 6.07) is 5.98. The minimum atomic E-state index is -1.01. The molecule has 4 heteroatoms. The molecule has 0 fully saturated rings. The summed E-state index contributed by atoms with van der Waals surface area (Å²) in [5.41, 5.74) is 0.201. The number of carbonyl (C=O) groups is 1. The number of hydrogen-bond acceptors (Lipinski definition) is 2. The number of carbonyl (C=O) groups excluding carboxylic acids is 1. The first-order valence-corrected chi connectivity index (χ1v) is 5.22. The zero-order chi connectivity index (χ0) is 12.1. The van der Waals surface area contributed by atoms with Crippen LogP contribution in [0.3, 0.4) is 0 Å². The molecule has 0 heterocycles. The lowest BCUT2D eigenvalue weighted by atomic mass is 10.1. The van der Waals surface area contributed by atoms with Gasteiger partial charge in [0.15, 0.2) is 0 Å². The summed E-state index contributed by atoms with van der Waals surface area (Å²) in [6.45, 7) is 3.54. The fourth-order valence-corrected chi connectivity index (χ4v) is 1.26. The minimum absolute atomic E-state index is 0.0257. The predicted octanol–water partition coefficient (Wildman–Crippen LogP) is 1.63. The first-order chi connectivity index (χ1) is 7.52. The average Bonchev–Trinajstić information content (AvgIpc) is 2.25. The Hall–Kier alpha value is -1.42. The van der Waals surface area contributed by atoms with E-state index in [4.69, 9.17) is 0 Å². The van der Waals surface area contributed by atoms with E-state index in [-0.39, 0.29) is 23.9 Å². The van der Waals surface area contributed by atoms with E-state index < -0.39 is 11.9 Å². The van der Waals surface area contributed by atoms with Gasteiger partial charge in [0.05, 0.1) is 6.10 Å². The summed E-state index contributed by atoms with van der Waals surface area (Å²) >= 11 is 0. The topological polar surface area (TPSA) is 49.3 Å². The van der Waals surface area contributed by atoms with Crippen molar-refractivity contribution in [2.75, 3.05) is 6.54 Å². The van der Waals surface area contributed by atoms with Crippen LogP contribution >= 0.6 is 0 Å².